The second kappa shape index (κ2) is 8.51. The molecule has 0 bridgehead atoms. The van der Waals surface area contributed by atoms with E-state index in [0.29, 0.717) is 5.88 Å². The lowest BCUT2D eigenvalue weighted by molar-refractivity contribution is -0.147. The first-order valence-corrected chi connectivity index (χ1v) is 10.8. The van der Waals surface area contributed by atoms with Gasteiger partial charge in [0.2, 0.25) is 23.6 Å². The Balaban J connectivity index is 1.38. The van der Waals surface area contributed by atoms with Crippen LogP contribution in [0.1, 0.15) is 63.9 Å². The van der Waals surface area contributed by atoms with Crippen molar-refractivity contribution in [1.29, 1.82) is 0 Å². The molecule has 0 aromatic carbocycles. The van der Waals surface area contributed by atoms with E-state index in [0.717, 1.165) is 44.1 Å². The molecular formula is C22H29N3O4. The second-order valence-electron chi connectivity index (χ2n) is 8.43. The molecule has 7 heteroatoms. The first-order valence-electron chi connectivity index (χ1n) is 10.8. The molecule has 7 nitrogen and oxygen atoms in total. The van der Waals surface area contributed by atoms with Gasteiger partial charge in [0.15, 0.2) is 0 Å². The summed E-state index contributed by atoms with van der Waals surface area (Å²) < 4.78 is 6.02. The van der Waals surface area contributed by atoms with Crippen LogP contribution < -0.4 is 10.1 Å². The van der Waals surface area contributed by atoms with Gasteiger partial charge in [0.1, 0.15) is 12.1 Å². The Morgan fingerprint density at radius 1 is 1.14 bits per heavy atom. The SMILES string of the molecule is CC(C(=O)NCc1cccnc1OC1CCCC1)N1C(=O)C2CCCCC2C1=O. The number of likely N-dealkylation sites (tertiary alicyclic amines) is 1. The van der Waals surface area contributed by atoms with Crippen LogP contribution in [0.3, 0.4) is 0 Å². The third-order valence-electron chi connectivity index (χ3n) is 6.53. The molecule has 1 aromatic heterocycles. The van der Waals surface area contributed by atoms with Crippen molar-refractivity contribution in [3.05, 3.63) is 23.9 Å². The zero-order valence-electron chi connectivity index (χ0n) is 16.9. The average Bonchev–Trinajstić information content (AvgIpc) is 3.34. The molecule has 4 rings (SSSR count). The predicted molar refractivity (Wildman–Crippen MR) is 106 cm³/mol. The number of nitrogens with zero attached hydrogens (tertiary/aromatic N) is 2. The number of pyridine rings is 1. The summed E-state index contributed by atoms with van der Waals surface area (Å²) in [6.07, 6.45) is 9.70. The van der Waals surface area contributed by atoms with Crippen LogP contribution in [0.25, 0.3) is 0 Å². The van der Waals surface area contributed by atoms with Gasteiger partial charge in [-0.3, -0.25) is 19.3 Å². The van der Waals surface area contributed by atoms with Gasteiger partial charge in [-0.05, 0) is 51.5 Å². The zero-order valence-corrected chi connectivity index (χ0v) is 16.9. The van der Waals surface area contributed by atoms with Crippen molar-refractivity contribution < 1.29 is 19.1 Å². The molecule has 2 aliphatic carbocycles. The number of rotatable bonds is 6. The monoisotopic (exact) mass is 399 g/mol. The van der Waals surface area contributed by atoms with E-state index < -0.39 is 6.04 Å². The average molecular weight is 399 g/mol. The molecule has 0 spiro atoms. The molecule has 0 radical (unpaired) electrons. The molecule has 29 heavy (non-hydrogen) atoms. The highest BCUT2D eigenvalue weighted by Crippen LogP contribution is 2.38. The Morgan fingerprint density at radius 2 is 1.76 bits per heavy atom. The topological polar surface area (TPSA) is 88.6 Å². The van der Waals surface area contributed by atoms with Crippen molar-refractivity contribution >= 4 is 17.7 Å². The molecule has 1 aromatic rings. The largest absolute Gasteiger partial charge is 0.474 e. The molecule has 1 aliphatic heterocycles. The van der Waals surface area contributed by atoms with Crippen LogP contribution >= 0.6 is 0 Å². The number of nitrogens with one attached hydrogen (secondary N) is 1. The number of imide groups is 1. The minimum atomic E-state index is -0.809. The number of hydrogen-bond acceptors (Lipinski definition) is 5. The van der Waals surface area contributed by atoms with Gasteiger partial charge in [-0.2, -0.15) is 0 Å². The fourth-order valence-corrected chi connectivity index (χ4v) is 4.85. The number of carbonyl (C=O) groups is 3. The summed E-state index contributed by atoms with van der Waals surface area (Å²) in [5.74, 6) is -0.636. The van der Waals surface area contributed by atoms with Crippen molar-refractivity contribution in [3.8, 4) is 5.88 Å². The molecule has 3 atom stereocenters. The van der Waals surface area contributed by atoms with E-state index in [-0.39, 0.29) is 42.2 Å². The number of carbonyl (C=O) groups excluding carboxylic acids is 3. The fraction of sp³-hybridized carbons (Fsp3) is 0.636. The van der Waals surface area contributed by atoms with E-state index >= 15 is 0 Å². The summed E-state index contributed by atoms with van der Waals surface area (Å²) >= 11 is 0. The van der Waals surface area contributed by atoms with Crippen molar-refractivity contribution in [1.82, 2.24) is 15.2 Å². The van der Waals surface area contributed by atoms with Crippen LogP contribution in [0.4, 0.5) is 0 Å². The van der Waals surface area contributed by atoms with Crippen LogP contribution in [0.2, 0.25) is 0 Å². The number of fused-ring (bicyclic) bond motifs is 1. The maximum atomic E-state index is 12.7. The highest BCUT2D eigenvalue weighted by molar-refractivity contribution is 6.08. The second-order valence-corrected chi connectivity index (χ2v) is 8.43. The van der Waals surface area contributed by atoms with Gasteiger partial charge in [-0.25, -0.2) is 4.98 Å². The van der Waals surface area contributed by atoms with Crippen molar-refractivity contribution in [2.45, 2.75) is 77.0 Å². The van der Waals surface area contributed by atoms with Crippen LogP contribution in [0.5, 0.6) is 5.88 Å². The molecule has 2 heterocycles. The van der Waals surface area contributed by atoms with E-state index in [2.05, 4.69) is 10.3 Å². The Kier molecular flexibility index (Phi) is 5.83. The Bertz CT molecular complexity index is 766. The number of aromatic nitrogens is 1. The van der Waals surface area contributed by atoms with Gasteiger partial charge in [0.05, 0.1) is 11.8 Å². The first kappa shape index (κ1) is 19.9. The lowest BCUT2D eigenvalue weighted by Crippen LogP contribution is -2.48. The summed E-state index contributed by atoms with van der Waals surface area (Å²) in [4.78, 5) is 43.7. The van der Waals surface area contributed by atoms with Gasteiger partial charge < -0.3 is 10.1 Å². The smallest absolute Gasteiger partial charge is 0.243 e. The van der Waals surface area contributed by atoms with Gasteiger partial charge in [-0.1, -0.05) is 18.9 Å². The van der Waals surface area contributed by atoms with E-state index in [1.807, 2.05) is 12.1 Å². The maximum absolute atomic E-state index is 12.7. The third-order valence-corrected chi connectivity index (χ3v) is 6.53. The Morgan fingerprint density at radius 3 is 2.41 bits per heavy atom. The first-order chi connectivity index (χ1) is 14.1. The molecule has 3 aliphatic rings. The number of hydrogen-bond donors (Lipinski definition) is 1. The molecule has 2 saturated carbocycles. The molecular weight excluding hydrogens is 370 g/mol. The van der Waals surface area contributed by atoms with Gasteiger partial charge >= 0.3 is 0 Å². The van der Waals surface area contributed by atoms with Gasteiger partial charge in [0.25, 0.3) is 0 Å². The molecule has 1 saturated heterocycles. The minimum absolute atomic E-state index is 0.182. The van der Waals surface area contributed by atoms with Crippen molar-refractivity contribution in [2.24, 2.45) is 11.8 Å². The summed E-state index contributed by atoms with van der Waals surface area (Å²) in [5.41, 5.74) is 0.799. The van der Waals surface area contributed by atoms with E-state index in [1.54, 1.807) is 13.1 Å². The van der Waals surface area contributed by atoms with Crippen molar-refractivity contribution in [2.75, 3.05) is 0 Å². The summed E-state index contributed by atoms with van der Waals surface area (Å²) in [5, 5.41) is 2.86. The fourth-order valence-electron chi connectivity index (χ4n) is 4.85. The van der Waals surface area contributed by atoms with E-state index in [4.69, 9.17) is 4.74 Å². The van der Waals surface area contributed by atoms with Gasteiger partial charge in [-0.15, -0.1) is 0 Å². The van der Waals surface area contributed by atoms with Gasteiger partial charge in [0, 0.05) is 18.3 Å². The van der Waals surface area contributed by atoms with Crippen LogP contribution in [-0.2, 0) is 20.9 Å². The molecule has 3 amide bonds. The predicted octanol–water partition coefficient (Wildman–Crippen LogP) is 2.58. The van der Waals surface area contributed by atoms with Crippen LogP contribution in [-0.4, -0.2) is 39.8 Å². The maximum Gasteiger partial charge on any atom is 0.243 e. The minimum Gasteiger partial charge on any atom is -0.474 e. The molecule has 3 fully saturated rings. The zero-order chi connectivity index (χ0) is 20.4. The normalized spacial score (nSPS) is 25.8. The highest BCUT2D eigenvalue weighted by atomic mass is 16.5. The molecule has 1 N–H and O–H groups in total. The number of ether oxygens (including phenoxy) is 1. The standard InChI is InChI=1S/C22H29N3O4/c1-14(25-21(27)17-10-4-5-11-18(17)22(25)28)19(26)24-13-15-7-6-12-23-20(15)29-16-8-2-3-9-16/h6-7,12,14,16-18H,2-5,8-11,13H2,1H3,(H,24,26). The van der Waals surface area contributed by atoms with E-state index in [1.165, 1.54) is 17.7 Å². The van der Waals surface area contributed by atoms with Crippen LogP contribution in [0, 0.1) is 11.8 Å². The summed E-state index contributed by atoms with van der Waals surface area (Å²) in [7, 11) is 0. The lowest BCUT2D eigenvalue weighted by Gasteiger charge is -2.22. The summed E-state index contributed by atoms with van der Waals surface area (Å²) in [6, 6.07) is 2.88. The van der Waals surface area contributed by atoms with E-state index in [9.17, 15) is 14.4 Å². The molecule has 3 unspecified atom stereocenters. The summed E-state index contributed by atoms with van der Waals surface area (Å²) in [6.45, 7) is 1.88. The quantitative estimate of drug-likeness (QED) is 0.743. The Labute approximate surface area is 171 Å². The number of amides is 3. The Hall–Kier alpha value is -2.44. The van der Waals surface area contributed by atoms with Crippen molar-refractivity contribution in [3.63, 3.8) is 0 Å². The highest BCUT2D eigenvalue weighted by Gasteiger charge is 2.50. The third kappa shape index (κ3) is 4.00. The lowest BCUT2D eigenvalue weighted by atomic mass is 9.81. The molecule has 156 valence electrons. The van der Waals surface area contributed by atoms with Crippen LogP contribution in [0.15, 0.2) is 18.3 Å².